The third-order valence-corrected chi connectivity index (χ3v) is 2.32. The van der Waals surface area contributed by atoms with E-state index in [1.54, 1.807) is 6.07 Å². The predicted octanol–water partition coefficient (Wildman–Crippen LogP) is 0.937. The molecule has 5 heteroatoms. The van der Waals surface area contributed by atoms with Crippen molar-refractivity contribution in [1.29, 1.82) is 0 Å². The Kier molecular flexibility index (Phi) is 6.35. The molecule has 1 heterocycles. The zero-order valence-electron chi connectivity index (χ0n) is 10.2. The first kappa shape index (κ1) is 13.7. The fraction of sp³-hybridized carbons (Fsp3) is 0.583. The minimum absolute atomic E-state index is 0.0885. The lowest BCUT2D eigenvalue weighted by molar-refractivity contribution is 0.0941. The van der Waals surface area contributed by atoms with Crippen LogP contribution in [0.4, 0.5) is 0 Å². The molecule has 0 bridgehead atoms. The van der Waals surface area contributed by atoms with Crippen molar-refractivity contribution in [3.8, 4) is 0 Å². The smallest absolute Gasteiger partial charge is 0.254 e. The lowest BCUT2D eigenvalue weighted by Crippen LogP contribution is -2.25. The molecule has 5 nitrogen and oxygen atoms in total. The maximum Gasteiger partial charge on any atom is 0.254 e. The van der Waals surface area contributed by atoms with Crippen LogP contribution in [-0.2, 0) is 11.2 Å². The SMILES string of the molecule is CCc1occc1C(=O)NCCCOCCN. The molecule has 0 spiro atoms. The molecule has 96 valence electrons. The van der Waals surface area contributed by atoms with Gasteiger partial charge in [-0.3, -0.25) is 4.79 Å². The summed E-state index contributed by atoms with van der Waals surface area (Å²) < 4.78 is 10.4. The maximum absolute atomic E-state index is 11.7. The monoisotopic (exact) mass is 240 g/mol. The van der Waals surface area contributed by atoms with Crippen molar-refractivity contribution in [3.63, 3.8) is 0 Å². The molecule has 17 heavy (non-hydrogen) atoms. The topological polar surface area (TPSA) is 77.5 Å². The standard InChI is InChI=1S/C12H20N2O3/c1-2-11-10(4-8-17-11)12(15)14-6-3-7-16-9-5-13/h4,8H,2-3,5-7,9,13H2,1H3,(H,14,15). The van der Waals surface area contributed by atoms with Crippen LogP contribution in [0.25, 0.3) is 0 Å². The first-order valence-electron chi connectivity index (χ1n) is 5.92. The number of nitrogens with one attached hydrogen (secondary N) is 1. The lowest BCUT2D eigenvalue weighted by atomic mass is 10.2. The van der Waals surface area contributed by atoms with E-state index in [0.717, 1.165) is 18.6 Å². The largest absolute Gasteiger partial charge is 0.469 e. The zero-order chi connectivity index (χ0) is 12.5. The molecule has 0 saturated carbocycles. The van der Waals surface area contributed by atoms with E-state index in [2.05, 4.69) is 5.32 Å². The Morgan fingerprint density at radius 2 is 2.35 bits per heavy atom. The van der Waals surface area contributed by atoms with Gasteiger partial charge in [-0.1, -0.05) is 6.92 Å². The van der Waals surface area contributed by atoms with E-state index < -0.39 is 0 Å². The molecule has 1 aromatic rings. The fourth-order valence-electron chi connectivity index (χ4n) is 1.47. The van der Waals surface area contributed by atoms with Crippen molar-refractivity contribution in [2.45, 2.75) is 19.8 Å². The minimum atomic E-state index is -0.0885. The van der Waals surface area contributed by atoms with Gasteiger partial charge in [-0.2, -0.15) is 0 Å². The predicted molar refractivity (Wildman–Crippen MR) is 64.9 cm³/mol. The number of rotatable bonds is 8. The van der Waals surface area contributed by atoms with Crippen molar-refractivity contribution in [1.82, 2.24) is 5.32 Å². The second kappa shape index (κ2) is 7.86. The van der Waals surface area contributed by atoms with Crippen LogP contribution in [0.2, 0.25) is 0 Å². The molecule has 0 aliphatic heterocycles. The number of furan rings is 1. The van der Waals surface area contributed by atoms with Gasteiger partial charge in [-0.15, -0.1) is 0 Å². The molecule has 0 saturated heterocycles. The Balaban J connectivity index is 2.21. The van der Waals surface area contributed by atoms with Gasteiger partial charge in [-0.25, -0.2) is 0 Å². The molecule has 3 N–H and O–H groups in total. The molecular formula is C12H20N2O3. The number of nitrogens with two attached hydrogens (primary N) is 1. The van der Waals surface area contributed by atoms with Crippen LogP contribution in [0.5, 0.6) is 0 Å². The number of carbonyl (C=O) groups excluding carboxylic acids is 1. The van der Waals surface area contributed by atoms with Crippen molar-refractivity contribution >= 4 is 5.91 Å². The first-order chi connectivity index (χ1) is 8.29. The van der Waals surface area contributed by atoms with Gasteiger partial charge in [0, 0.05) is 26.1 Å². The minimum Gasteiger partial charge on any atom is -0.469 e. The van der Waals surface area contributed by atoms with E-state index in [1.807, 2.05) is 6.92 Å². The van der Waals surface area contributed by atoms with Crippen molar-refractivity contribution in [2.75, 3.05) is 26.3 Å². The van der Waals surface area contributed by atoms with E-state index in [-0.39, 0.29) is 5.91 Å². The second-order valence-corrected chi connectivity index (χ2v) is 3.62. The number of aryl methyl sites for hydroxylation is 1. The number of hydrogen-bond acceptors (Lipinski definition) is 4. The lowest BCUT2D eigenvalue weighted by Gasteiger charge is -2.05. The molecule has 0 fully saturated rings. The molecule has 0 aliphatic rings. The summed E-state index contributed by atoms with van der Waals surface area (Å²) >= 11 is 0. The highest BCUT2D eigenvalue weighted by Gasteiger charge is 2.11. The van der Waals surface area contributed by atoms with Crippen LogP contribution in [-0.4, -0.2) is 32.2 Å². The Morgan fingerprint density at radius 1 is 1.53 bits per heavy atom. The Morgan fingerprint density at radius 3 is 3.06 bits per heavy atom. The number of amides is 1. The summed E-state index contributed by atoms with van der Waals surface area (Å²) in [6.07, 6.45) is 3.04. The second-order valence-electron chi connectivity index (χ2n) is 3.62. The van der Waals surface area contributed by atoms with Crippen LogP contribution >= 0.6 is 0 Å². The van der Waals surface area contributed by atoms with Gasteiger partial charge in [0.05, 0.1) is 18.4 Å². The summed E-state index contributed by atoms with van der Waals surface area (Å²) in [4.78, 5) is 11.7. The van der Waals surface area contributed by atoms with E-state index in [4.69, 9.17) is 14.9 Å². The fourth-order valence-corrected chi connectivity index (χ4v) is 1.47. The summed E-state index contributed by atoms with van der Waals surface area (Å²) in [5.74, 6) is 0.635. The molecule has 1 rings (SSSR count). The summed E-state index contributed by atoms with van der Waals surface area (Å²) in [5.41, 5.74) is 5.90. The van der Waals surface area contributed by atoms with Crippen molar-refractivity contribution in [2.24, 2.45) is 5.73 Å². The highest BCUT2D eigenvalue weighted by Crippen LogP contribution is 2.10. The quantitative estimate of drug-likeness (QED) is 0.663. The third-order valence-electron chi connectivity index (χ3n) is 2.32. The molecule has 1 aromatic heterocycles. The van der Waals surface area contributed by atoms with Crippen LogP contribution in [0.15, 0.2) is 16.7 Å². The van der Waals surface area contributed by atoms with Gasteiger partial charge >= 0.3 is 0 Å². The molecule has 0 radical (unpaired) electrons. The highest BCUT2D eigenvalue weighted by atomic mass is 16.5. The van der Waals surface area contributed by atoms with Gasteiger partial charge in [0.2, 0.25) is 0 Å². The first-order valence-corrected chi connectivity index (χ1v) is 5.92. The average molecular weight is 240 g/mol. The van der Waals surface area contributed by atoms with Gasteiger partial charge in [-0.05, 0) is 12.5 Å². The molecular weight excluding hydrogens is 220 g/mol. The molecule has 0 aliphatic carbocycles. The van der Waals surface area contributed by atoms with E-state index in [0.29, 0.717) is 31.9 Å². The number of hydrogen-bond donors (Lipinski definition) is 2. The normalized spacial score (nSPS) is 10.5. The van der Waals surface area contributed by atoms with Gasteiger partial charge in [0.25, 0.3) is 5.91 Å². The Bertz CT molecular complexity index is 336. The molecule has 0 unspecified atom stereocenters. The maximum atomic E-state index is 11.7. The van der Waals surface area contributed by atoms with E-state index in [9.17, 15) is 4.79 Å². The van der Waals surface area contributed by atoms with Crippen molar-refractivity contribution < 1.29 is 13.9 Å². The van der Waals surface area contributed by atoms with Crippen LogP contribution < -0.4 is 11.1 Å². The summed E-state index contributed by atoms with van der Waals surface area (Å²) in [6.45, 7) is 4.26. The van der Waals surface area contributed by atoms with E-state index in [1.165, 1.54) is 6.26 Å². The average Bonchev–Trinajstić information content (AvgIpc) is 2.81. The molecule has 0 aromatic carbocycles. The van der Waals surface area contributed by atoms with Gasteiger partial charge in [0.1, 0.15) is 5.76 Å². The van der Waals surface area contributed by atoms with Gasteiger partial charge < -0.3 is 20.2 Å². The summed E-state index contributed by atoms with van der Waals surface area (Å²) in [6, 6.07) is 1.69. The molecule has 1 amide bonds. The van der Waals surface area contributed by atoms with Crippen LogP contribution in [0, 0.1) is 0 Å². The molecule has 0 atom stereocenters. The van der Waals surface area contributed by atoms with Crippen LogP contribution in [0.1, 0.15) is 29.5 Å². The summed E-state index contributed by atoms with van der Waals surface area (Å²) in [7, 11) is 0. The zero-order valence-corrected chi connectivity index (χ0v) is 10.2. The third kappa shape index (κ3) is 4.58. The van der Waals surface area contributed by atoms with E-state index >= 15 is 0 Å². The summed E-state index contributed by atoms with van der Waals surface area (Å²) in [5, 5.41) is 2.83. The van der Waals surface area contributed by atoms with Crippen LogP contribution in [0.3, 0.4) is 0 Å². The Labute approximate surface area is 101 Å². The van der Waals surface area contributed by atoms with Gasteiger partial charge in [0.15, 0.2) is 0 Å². The Hall–Kier alpha value is -1.33. The highest BCUT2D eigenvalue weighted by molar-refractivity contribution is 5.95. The number of ether oxygens (including phenoxy) is 1. The number of carbonyl (C=O) groups is 1. The van der Waals surface area contributed by atoms with Crippen molar-refractivity contribution in [3.05, 3.63) is 23.7 Å².